The third-order valence-electron chi connectivity index (χ3n) is 5.13. The Bertz CT molecular complexity index is 704. The van der Waals surface area contributed by atoms with Crippen LogP contribution in [0.4, 0.5) is 0 Å². The van der Waals surface area contributed by atoms with Crippen LogP contribution in [-0.4, -0.2) is 42.4 Å². The summed E-state index contributed by atoms with van der Waals surface area (Å²) in [5.41, 5.74) is 2.51. The highest BCUT2D eigenvalue weighted by atomic mass is 16.5. The van der Waals surface area contributed by atoms with E-state index in [1.807, 2.05) is 26.0 Å². The standard InChI is InChI=1S/C23H31NO3/c1-3-26-22-11-10-19(15-23(22)27-4-2)14-20-17-24(13-12-21(20)25)16-18-8-6-5-7-9-18/h5-11,15,20-21,25H,3-4,12-14,16-17H2,1-2H3. The van der Waals surface area contributed by atoms with Gasteiger partial charge in [-0.25, -0.2) is 0 Å². The van der Waals surface area contributed by atoms with Gasteiger partial charge in [0, 0.05) is 25.6 Å². The largest absolute Gasteiger partial charge is 0.490 e. The highest BCUT2D eigenvalue weighted by Gasteiger charge is 2.28. The summed E-state index contributed by atoms with van der Waals surface area (Å²) in [5, 5.41) is 10.5. The lowest BCUT2D eigenvalue weighted by atomic mass is 9.88. The Hall–Kier alpha value is -2.04. The van der Waals surface area contributed by atoms with Crippen LogP contribution in [0.5, 0.6) is 11.5 Å². The average Bonchev–Trinajstić information content (AvgIpc) is 2.68. The minimum Gasteiger partial charge on any atom is -0.490 e. The molecular weight excluding hydrogens is 338 g/mol. The van der Waals surface area contributed by atoms with Gasteiger partial charge in [0.1, 0.15) is 0 Å². The summed E-state index contributed by atoms with van der Waals surface area (Å²) in [6.45, 7) is 7.98. The second-order valence-corrected chi connectivity index (χ2v) is 7.19. The smallest absolute Gasteiger partial charge is 0.161 e. The number of aliphatic hydroxyl groups excluding tert-OH is 1. The van der Waals surface area contributed by atoms with Crippen LogP contribution in [0.2, 0.25) is 0 Å². The van der Waals surface area contributed by atoms with Gasteiger partial charge < -0.3 is 14.6 Å². The topological polar surface area (TPSA) is 41.9 Å². The van der Waals surface area contributed by atoms with Crippen molar-refractivity contribution in [3.63, 3.8) is 0 Å². The van der Waals surface area contributed by atoms with E-state index in [0.29, 0.717) is 13.2 Å². The molecule has 2 aromatic carbocycles. The summed E-state index contributed by atoms with van der Waals surface area (Å²) in [7, 11) is 0. The monoisotopic (exact) mass is 369 g/mol. The summed E-state index contributed by atoms with van der Waals surface area (Å²) >= 11 is 0. The number of piperidine rings is 1. The van der Waals surface area contributed by atoms with Gasteiger partial charge in [0.2, 0.25) is 0 Å². The van der Waals surface area contributed by atoms with Crippen molar-refractivity contribution in [3.05, 3.63) is 59.7 Å². The third-order valence-corrected chi connectivity index (χ3v) is 5.13. The Morgan fingerprint density at radius 1 is 0.963 bits per heavy atom. The summed E-state index contributed by atoms with van der Waals surface area (Å²) < 4.78 is 11.4. The van der Waals surface area contributed by atoms with Crippen LogP contribution < -0.4 is 9.47 Å². The van der Waals surface area contributed by atoms with Crippen molar-refractivity contribution < 1.29 is 14.6 Å². The highest BCUT2D eigenvalue weighted by Crippen LogP contribution is 2.31. The molecule has 1 N–H and O–H groups in total. The van der Waals surface area contributed by atoms with Crippen LogP contribution in [-0.2, 0) is 13.0 Å². The summed E-state index contributed by atoms with van der Waals surface area (Å²) in [6, 6.07) is 16.7. The van der Waals surface area contributed by atoms with Crippen LogP contribution in [0.1, 0.15) is 31.4 Å². The van der Waals surface area contributed by atoms with Crippen LogP contribution in [0, 0.1) is 5.92 Å². The molecular formula is C23H31NO3. The van der Waals surface area contributed by atoms with E-state index in [0.717, 1.165) is 44.0 Å². The molecule has 0 radical (unpaired) electrons. The maximum absolute atomic E-state index is 10.5. The van der Waals surface area contributed by atoms with Crippen molar-refractivity contribution in [1.82, 2.24) is 4.90 Å². The SMILES string of the molecule is CCOc1ccc(CC2CN(Cc3ccccc3)CCC2O)cc1OCC. The molecule has 2 atom stereocenters. The molecule has 0 aliphatic carbocycles. The summed E-state index contributed by atoms with van der Waals surface area (Å²) in [4.78, 5) is 2.45. The van der Waals surface area contributed by atoms with Crippen LogP contribution >= 0.6 is 0 Å². The Morgan fingerprint density at radius 3 is 2.44 bits per heavy atom. The quantitative estimate of drug-likeness (QED) is 0.766. The molecule has 0 spiro atoms. The van der Waals surface area contributed by atoms with Gasteiger partial charge in [0.15, 0.2) is 11.5 Å². The summed E-state index contributed by atoms with van der Waals surface area (Å²) in [6.07, 6.45) is 1.42. The van der Waals surface area contributed by atoms with Gasteiger partial charge in [0.05, 0.1) is 19.3 Å². The van der Waals surface area contributed by atoms with Crippen molar-refractivity contribution in [2.45, 2.75) is 39.3 Å². The fourth-order valence-corrected chi connectivity index (χ4v) is 3.81. The van der Waals surface area contributed by atoms with Crippen molar-refractivity contribution in [2.24, 2.45) is 5.92 Å². The predicted molar refractivity (Wildman–Crippen MR) is 108 cm³/mol. The molecule has 4 heteroatoms. The number of hydrogen-bond donors (Lipinski definition) is 1. The molecule has 1 fully saturated rings. The van der Waals surface area contributed by atoms with E-state index in [-0.39, 0.29) is 12.0 Å². The zero-order chi connectivity index (χ0) is 19.1. The number of rotatable bonds is 8. The Morgan fingerprint density at radius 2 is 1.70 bits per heavy atom. The molecule has 0 bridgehead atoms. The van der Waals surface area contributed by atoms with E-state index in [1.165, 1.54) is 11.1 Å². The Labute approximate surface area is 162 Å². The first kappa shape index (κ1) is 19.7. The molecule has 27 heavy (non-hydrogen) atoms. The average molecular weight is 370 g/mol. The van der Waals surface area contributed by atoms with Gasteiger partial charge in [0.25, 0.3) is 0 Å². The lowest BCUT2D eigenvalue weighted by molar-refractivity contribution is 0.0239. The molecule has 1 aliphatic rings. The lowest BCUT2D eigenvalue weighted by Gasteiger charge is -2.36. The molecule has 1 heterocycles. The minimum absolute atomic E-state index is 0.231. The molecule has 0 saturated carbocycles. The highest BCUT2D eigenvalue weighted by molar-refractivity contribution is 5.43. The van der Waals surface area contributed by atoms with E-state index in [9.17, 15) is 5.11 Å². The van der Waals surface area contributed by atoms with Gasteiger partial charge >= 0.3 is 0 Å². The number of nitrogens with zero attached hydrogens (tertiary/aromatic N) is 1. The van der Waals surface area contributed by atoms with E-state index < -0.39 is 0 Å². The number of likely N-dealkylation sites (tertiary alicyclic amines) is 1. The zero-order valence-electron chi connectivity index (χ0n) is 16.4. The van der Waals surface area contributed by atoms with Crippen LogP contribution in [0.15, 0.2) is 48.5 Å². The minimum atomic E-state index is -0.251. The third kappa shape index (κ3) is 5.47. The van der Waals surface area contributed by atoms with Gasteiger partial charge in [-0.15, -0.1) is 0 Å². The molecule has 0 amide bonds. The first-order chi connectivity index (χ1) is 13.2. The van der Waals surface area contributed by atoms with Crippen molar-refractivity contribution in [2.75, 3.05) is 26.3 Å². The van der Waals surface area contributed by atoms with E-state index in [4.69, 9.17) is 9.47 Å². The Kier molecular flexibility index (Phi) is 7.13. The molecule has 2 unspecified atom stereocenters. The zero-order valence-corrected chi connectivity index (χ0v) is 16.4. The second kappa shape index (κ2) is 9.77. The van der Waals surface area contributed by atoms with Crippen LogP contribution in [0.25, 0.3) is 0 Å². The molecule has 1 saturated heterocycles. The lowest BCUT2D eigenvalue weighted by Crippen LogP contribution is -2.43. The van der Waals surface area contributed by atoms with Crippen LogP contribution in [0.3, 0.4) is 0 Å². The molecule has 4 nitrogen and oxygen atoms in total. The van der Waals surface area contributed by atoms with Gasteiger partial charge in [-0.3, -0.25) is 4.90 Å². The second-order valence-electron chi connectivity index (χ2n) is 7.19. The van der Waals surface area contributed by atoms with Gasteiger partial charge in [-0.1, -0.05) is 36.4 Å². The van der Waals surface area contributed by atoms with E-state index in [2.05, 4.69) is 41.3 Å². The maximum Gasteiger partial charge on any atom is 0.161 e. The molecule has 3 rings (SSSR count). The Balaban J connectivity index is 1.66. The molecule has 0 aromatic heterocycles. The van der Waals surface area contributed by atoms with E-state index in [1.54, 1.807) is 0 Å². The number of benzene rings is 2. The molecule has 1 aliphatic heterocycles. The maximum atomic E-state index is 10.5. The molecule has 2 aromatic rings. The predicted octanol–water partition coefficient (Wildman–Crippen LogP) is 3.91. The normalized spacial score (nSPS) is 20.4. The van der Waals surface area contributed by atoms with Crippen molar-refractivity contribution >= 4 is 0 Å². The molecule has 146 valence electrons. The number of aliphatic hydroxyl groups is 1. The van der Waals surface area contributed by atoms with Gasteiger partial charge in [-0.2, -0.15) is 0 Å². The van der Waals surface area contributed by atoms with Crippen molar-refractivity contribution in [3.8, 4) is 11.5 Å². The first-order valence-corrected chi connectivity index (χ1v) is 10.0. The number of hydrogen-bond acceptors (Lipinski definition) is 4. The number of ether oxygens (including phenoxy) is 2. The van der Waals surface area contributed by atoms with Gasteiger partial charge in [-0.05, 0) is 49.9 Å². The first-order valence-electron chi connectivity index (χ1n) is 10.0. The fraction of sp³-hybridized carbons (Fsp3) is 0.478. The summed E-state index contributed by atoms with van der Waals surface area (Å²) in [5.74, 6) is 1.82. The fourth-order valence-electron chi connectivity index (χ4n) is 3.81. The van der Waals surface area contributed by atoms with E-state index >= 15 is 0 Å². The van der Waals surface area contributed by atoms with Crippen molar-refractivity contribution in [1.29, 1.82) is 0 Å².